The fraction of sp³-hybridized carbons (Fsp3) is 0.391. The Morgan fingerprint density at radius 2 is 1.76 bits per heavy atom. The molecule has 1 fully saturated rings. The third-order valence-electron chi connectivity index (χ3n) is 5.88. The van der Waals surface area contributed by atoms with Crippen LogP contribution >= 0.6 is 0 Å². The second-order valence-corrected chi connectivity index (χ2v) is 10.1. The third kappa shape index (κ3) is 4.95. The first-order valence-electron chi connectivity index (χ1n) is 11.1. The summed E-state index contributed by atoms with van der Waals surface area (Å²) in [6.45, 7) is 2.52. The average molecular weight is 495 g/mol. The van der Waals surface area contributed by atoms with Gasteiger partial charge in [-0.05, 0) is 55.2 Å². The number of amides is 1. The highest BCUT2D eigenvalue weighted by molar-refractivity contribution is 7.89. The highest BCUT2D eigenvalue weighted by Gasteiger charge is 2.38. The first-order valence-corrected chi connectivity index (χ1v) is 12.5. The molecular weight excluding hydrogens is 469 g/mol. The van der Waals surface area contributed by atoms with Crippen molar-refractivity contribution in [2.75, 3.05) is 18.4 Å². The van der Waals surface area contributed by atoms with Gasteiger partial charge in [-0.2, -0.15) is 17.5 Å². The lowest BCUT2D eigenvalue weighted by atomic mass is 10.1. The van der Waals surface area contributed by atoms with E-state index >= 15 is 0 Å². The second-order valence-electron chi connectivity index (χ2n) is 8.20. The summed E-state index contributed by atoms with van der Waals surface area (Å²) < 4.78 is 69.0. The zero-order chi connectivity index (χ0) is 24.5. The number of alkyl halides is 3. The molecule has 182 valence electrons. The highest BCUT2D eigenvalue weighted by Crippen LogP contribution is 2.33. The number of halogens is 3. The molecule has 1 aliphatic heterocycles. The molecule has 3 aromatic rings. The molecule has 1 amide bonds. The quantitative estimate of drug-likeness (QED) is 0.527. The van der Waals surface area contributed by atoms with Gasteiger partial charge >= 0.3 is 6.18 Å². The summed E-state index contributed by atoms with van der Waals surface area (Å²) in [6, 6.07) is 11.0. The topological polar surface area (TPSA) is 84.3 Å². The van der Waals surface area contributed by atoms with Gasteiger partial charge < -0.3 is 9.88 Å². The number of aromatic nitrogens is 2. The molecule has 2 aromatic carbocycles. The van der Waals surface area contributed by atoms with E-state index in [1.54, 1.807) is 12.1 Å². The Morgan fingerprint density at radius 1 is 1.09 bits per heavy atom. The van der Waals surface area contributed by atoms with E-state index in [0.717, 1.165) is 29.4 Å². The van der Waals surface area contributed by atoms with Crippen LogP contribution in [0.15, 0.2) is 47.4 Å². The van der Waals surface area contributed by atoms with Crippen LogP contribution in [0.1, 0.15) is 37.6 Å². The molecular formula is C23H25F3N4O3S. The number of aryl methyl sites for hydroxylation is 2. The van der Waals surface area contributed by atoms with Crippen molar-refractivity contribution in [3.8, 4) is 0 Å². The van der Waals surface area contributed by atoms with Crippen LogP contribution in [0.25, 0.3) is 11.0 Å². The summed E-state index contributed by atoms with van der Waals surface area (Å²) in [5, 5.41) is 2.68. The summed E-state index contributed by atoms with van der Waals surface area (Å²) in [5.74, 6) is -1.61. The minimum Gasteiger partial charge on any atom is -0.326 e. The monoisotopic (exact) mass is 494 g/mol. The zero-order valence-electron chi connectivity index (χ0n) is 18.6. The van der Waals surface area contributed by atoms with E-state index in [1.165, 1.54) is 22.5 Å². The van der Waals surface area contributed by atoms with E-state index < -0.39 is 27.9 Å². The van der Waals surface area contributed by atoms with E-state index in [0.29, 0.717) is 18.8 Å². The Balaban J connectivity index is 1.58. The molecule has 0 saturated carbocycles. The molecule has 0 radical (unpaired) electrons. The van der Waals surface area contributed by atoms with Gasteiger partial charge in [0.2, 0.25) is 21.8 Å². The van der Waals surface area contributed by atoms with Crippen LogP contribution < -0.4 is 5.32 Å². The van der Waals surface area contributed by atoms with Gasteiger partial charge in [0.15, 0.2) is 0 Å². The number of sulfonamides is 1. The Morgan fingerprint density at radius 3 is 2.38 bits per heavy atom. The lowest BCUT2D eigenvalue weighted by Gasteiger charge is -2.15. The number of hydrogen-bond acceptors (Lipinski definition) is 4. The molecule has 0 bridgehead atoms. The van der Waals surface area contributed by atoms with Crippen LogP contribution in [0, 0.1) is 0 Å². The molecule has 0 spiro atoms. The molecule has 0 unspecified atom stereocenters. The van der Waals surface area contributed by atoms with Gasteiger partial charge in [0.05, 0.1) is 15.9 Å². The van der Waals surface area contributed by atoms with Crippen molar-refractivity contribution in [1.29, 1.82) is 0 Å². The van der Waals surface area contributed by atoms with Crippen LogP contribution in [-0.2, 0) is 34.0 Å². The summed E-state index contributed by atoms with van der Waals surface area (Å²) in [5.41, 5.74) is 1.70. The van der Waals surface area contributed by atoms with Crippen molar-refractivity contribution in [1.82, 2.24) is 13.9 Å². The van der Waals surface area contributed by atoms with E-state index in [9.17, 15) is 26.4 Å². The molecule has 4 rings (SSSR count). The predicted molar refractivity (Wildman–Crippen MR) is 122 cm³/mol. The van der Waals surface area contributed by atoms with Gasteiger partial charge in [0.25, 0.3) is 0 Å². The summed E-state index contributed by atoms with van der Waals surface area (Å²) >= 11 is 0. The van der Waals surface area contributed by atoms with Crippen LogP contribution in [0.5, 0.6) is 0 Å². The van der Waals surface area contributed by atoms with Gasteiger partial charge in [-0.1, -0.05) is 19.1 Å². The van der Waals surface area contributed by atoms with Crippen LogP contribution in [0.4, 0.5) is 18.9 Å². The van der Waals surface area contributed by atoms with E-state index in [2.05, 4.69) is 10.3 Å². The van der Waals surface area contributed by atoms with Crippen molar-refractivity contribution in [3.05, 3.63) is 53.9 Å². The van der Waals surface area contributed by atoms with E-state index in [-0.39, 0.29) is 28.9 Å². The Kier molecular flexibility index (Phi) is 6.68. The maximum Gasteiger partial charge on any atom is 0.449 e. The number of rotatable bonds is 7. The molecule has 2 heterocycles. The zero-order valence-corrected chi connectivity index (χ0v) is 19.4. The highest BCUT2D eigenvalue weighted by atomic mass is 32.2. The third-order valence-corrected chi connectivity index (χ3v) is 7.78. The maximum atomic E-state index is 13.7. The standard InChI is InChI=1S/C23H25F3N4O3S/c1-2-16-5-7-17(8-6-16)27-21(31)11-14-30-20-10-9-18(34(32,33)29-12-3-4-13-29)15-19(20)28-22(30)23(24,25)26/h5-10,15H,2-4,11-14H2,1H3,(H,27,31). The summed E-state index contributed by atoms with van der Waals surface area (Å²) in [6.07, 6.45) is -2.63. The number of carbonyl (C=O) groups is 1. The van der Waals surface area contributed by atoms with Crippen molar-refractivity contribution >= 4 is 32.7 Å². The minimum atomic E-state index is -4.76. The summed E-state index contributed by atoms with van der Waals surface area (Å²) in [4.78, 5) is 16.0. The molecule has 1 saturated heterocycles. The van der Waals surface area contributed by atoms with Crippen LogP contribution in [-0.4, -0.2) is 41.3 Å². The van der Waals surface area contributed by atoms with Crippen molar-refractivity contribution in [2.45, 2.75) is 50.2 Å². The number of imidazole rings is 1. The Hall–Kier alpha value is -2.92. The fourth-order valence-corrected chi connectivity index (χ4v) is 5.59. The average Bonchev–Trinajstić information content (AvgIpc) is 3.46. The molecule has 1 aliphatic rings. The SMILES string of the molecule is CCc1ccc(NC(=O)CCn2c(C(F)(F)F)nc3cc(S(=O)(=O)N4CCCC4)ccc32)cc1. The van der Waals surface area contributed by atoms with Crippen molar-refractivity contribution < 1.29 is 26.4 Å². The van der Waals surface area contributed by atoms with Crippen molar-refractivity contribution in [3.63, 3.8) is 0 Å². The second kappa shape index (κ2) is 9.38. The van der Waals surface area contributed by atoms with Crippen LogP contribution in [0.3, 0.4) is 0 Å². The predicted octanol–water partition coefficient (Wildman–Crippen LogP) is 4.43. The number of fused-ring (bicyclic) bond motifs is 1. The number of nitrogens with one attached hydrogen (secondary N) is 1. The van der Waals surface area contributed by atoms with Gasteiger partial charge in [0.1, 0.15) is 0 Å². The fourth-order valence-electron chi connectivity index (χ4n) is 4.05. The number of anilines is 1. The number of hydrogen-bond donors (Lipinski definition) is 1. The van der Waals surface area contributed by atoms with Gasteiger partial charge in [0, 0.05) is 31.7 Å². The van der Waals surface area contributed by atoms with Gasteiger partial charge in [-0.3, -0.25) is 4.79 Å². The van der Waals surface area contributed by atoms with Crippen molar-refractivity contribution in [2.24, 2.45) is 0 Å². The maximum absolute atomic E-state index is 13.7. The Bertz CT molecular complexity index is 1300. The van der Waals surface area contributed by atoms with E-state index in [4.69, 9.17) is 0 Å². The van der Waals surface area contributed by atoms with E-state index in [1.807, 2.05) is 19.1 Å². The molecule has 7 nitrogen and oxygen atoms in total. The first-order chi connectivity index (χ1) is 16.1. The van der Waals surface area contributed by atoms with Gasteiger partial charge in [-0.15, -0.1) is 0 Å². The molecule has 11 heteroatoms. The largest absolute Gasteiger partial charge is 0.449 e. The molecule has 1 aromatic heterocycles. The number of benzene rings is 2. The smallest absolute Gasteiger partial charge is 0.326 e. The molecule has 1 N–H and O–H groups in total. The lowest BCUT2D eigenvalue weighted by Crippen LogP contribution is -2.27. The molecule has 0 aliphatic carbocycles. The first kappa shape index (κ1) is 24.2. The van der Waals surface area contributed by atoms with Crippen LogP contribution in [0.2, 0.25) is 0 Å². The number of carbonyl (C=O) groups excluding carboxylic acids is 1. The van der Waals surface area contributed by atoms with Gasteiger partial charge in [-0.25, -0.2) is 13.4 Å². The normalized spacial score (nSPS) is 15.2. The minimum absolute atomic E-state index is 0.0804. The summed E-state index contributed by atoms with van der Waals surface area (Å²) in [7, 11) is -3.80. The number of nitrogens with zero attached hydrogens (tertiary/aromatic N) is 3. The molecule has 34 heavy (non-hydrogen) atoms. The lowest BCUT2D eigenvalue weighted by molar-refractivity contribution is -0.147. The Labute approximate surface area is 195 Å². The molecule has 0 atom stereocenters.